The molecule has 29 heavy (non-hydrogen) atoms. The zero-order valence-corrected chi connectivity index (χ0v) is 21.0. The maximum atomic E-state index is 4.96. The van der Waals surface area contributed by atoms with Crippen molar-refractivity contribution >= 4 is 50.2 Å². The quantitative estimate of drug-likeness (QED) is 0.247. The third kappa shape index (κ3) is 6.16. The molecule has 159 valence electrons. The van der Waals surface area contributed by atoms with E-state index >= 15 is 0 Å². The number of para-hydroxylation sites is 3. The van der Waals surface area contributed by atoms with Crippen LogP contribution in [0.4, 0.5) is 0 Å². The second-order valence-corrected chi connectivity index (χ2v) is 16.2. The van der Waals surface area contributed by atoms with Crippen molar-refractivity contribution < 1.29 is 14.2 Å². The number of nitrogens with zero attached hydrogens (tertiary/aromatic N) is 4. The fourth-order valence-corrected chi connectivity index (χ4v) is 3.09. The number of aromatic nitrogens is 3. The Morgan fingerprint density at radius 3 is 2.38 bits per heavy atom. The standard InChI is InChI=1S/C20H20N4.CH3.3ClH.Pt/c1-23(2)13-14-24-18-11-4-3-10-17(18)22-20(24)16-9-5-7-15-8-6-12-21-19(15)16;;;;;/h3-12H,13-14H2,1-2H3;1H3;3*1H;/q;-1;;;;+3/p-3. The molecule has 0 bridgehead atoms. The van der Waals surface area contributed by atoms with E-state index in [-0.39, 0.29) is 7.43 Å². The summed E-state index contributed by atoms with van der Waals surface area (Å²) < 4.78 is 2.30. The van der Waals surface area contributed by atoms with Crippen LogP contribution >= 0.6 is 28.3 Å². The van der Waals surface area contributed by atoms with E-state index in [9.17, 15) is 0 Å². The molecule has 8 heteroatoms. The van der Waals surface area contributed by atoms with E-state index in [1.165, 1.54) is 5.52 Å². The molecule has 0 N–H and O–H groups in total. The molecule has 0 atom stereocenters. The Labute approximate surface area is 189 Å². The second-order valence-electron chi connectivity index (χ2n) is 6.40. The molecule has 4 nitrogen and oxygen atoms in total. The van der Waals surface area contributed by atoms with E-state index in [2.05, 4.69) is 71.0 Å². The van der Waals surface area contributed by atoms with E-state index in [4.69, 9.17) is 33.2 Å². The molecular formula is C21H23Cl3N4Pt-. The normalized spacial score (nSPS) is 11.2. The molecule has 0 radical (unpaired) electrons. The number of likely N-dealkylation sites (N-methyl/N-ethyl adjacent to an activating group) is 1. The third-order valence-corrected chi connectivity index (χ3v) is 4.30. The van der Waals surface area contributed by atoms with E-state index < -0.39 is 14.2 Å². The van der Waals surface area contributed by atoms with E-state index in [0.29, 0.717) is 0 Å². The summed E-state index contributed by atoms with van der Waals surface area (Å²) in [6, 6.07) is 18.7. The average Bonchev–Trinajstić information content (AvgIpc) is 3.04. The van der Waals surface area contributed by atoms with Crippen molar-refractivity contribution in [1.82, 2.24) is 19.4 Å². The summed E-state index contributed by atoms with van der Waals surface area (Å²) in [7, 11) is 19.1. The van der Waals surface area contributed by atoms with Crippen LogP contribution in [-0.4, -0.2) is 40.1 Å². The Hall–Kier alpha value is -1.16. The van der Waals surface area contributed by atoms with Crippen LogP contribution in [0.25, 0.3) is 33.3 Å². The van der Waals surface area contributed by atoms with Gasteiger partial charge in [-0.05, 0) is 38.4 Å². The van der Waals surface area contributed by atoms with E-state index in [1.807, 2.05) is 18.3 Å². The molecule has 2 aromatic heterocycles. The van der Waals surface area contributed by atoms with Gasteiger partial charge in [0.25, 0.3) is 0 Å². The van der Waals surface area contributed by atoms with Gasteiger partial charge in [0.05, 0.1) is 16.6 Å². The molecule has 0 saturated carbocycles. The minimum absolute atomic E-state index is 0. The molecule has 0 spiro atoms. The fraction of sp³-hybridized carbons (Fsp3) is 0.190. The molecule has 0 aliphatic rings. The molecule has 0 unspecified atom stereocenters. The summed E-state index contributed by atoms with van der Waals surface area (Å²) in [5.41, 5.74) is 4.28. The number of hydrogen-bond acceptors (Lipinski definition) is 3. The molecule has 0 fully saturated rings. The second kappa shape index (κ2) is 11.3. The zero-order chi connectivity index (χ0) is 20.1. The number of halogens is 3. The summed E-state index contributed by atoms with van der Waals surface area (Å²) >= 11 is -1.85. The topological polar surface area (TPSA) is 34.0 Å². The molecule has 0 saturated heterocycles. The van der Waals surface area contributed by atoms with Crippen molar-refractivity contribution in [3.8, 4) is 11.4 Å². The van der Waals surface area contributed by atoms with Crippen LogP contribution in [0.3, 0.4) is 0 Å². The first kappa shape index (κ1) is 24.1. The van der Waals surface area contributed by atoms with Crippen molar-refractivity contribution in [3.63, 3.8) is 0 Å². The van der Waals surface area contributed by atoms with Gasteiger partial charge in [-0.25, -0.2) is 4.98 Å². The number of pyridine rings is 1. The van der Waals surface area contributed by atoms with Crippen molar-refractivity contribution in [2.75, 3.05) is 20.6 Å². The van der Waals surface area contributed by atoms with Gasteiger partial charge in [-0.15, -0.1) is 0 Å². The zero-order valence-electron chi connectivity index (χ0n) is 16.4. The SMILES string of the molecule is CN(C)CCn1c(-c2cccc3cccnc23)nc2ccccc21.[CH3-].[Cl][Pt]([Cl])[Cl]. The van der Waals surface area contributed by atoms with Gasteiger partial charge in [0.15, 0.2) is 0 Å². The van der Waals surface area contributed by atoms with Gasteiger partial charge in [-0.3, -0.25) is 4.98 Å². The summed E-state index contributed by atoms with van der Waals surface area (Å²) in [6.45, 7) is 1.86. The van der Waals surface area contributed by atoms with Gasteiger partial charge in [0, 0.05) is 30.2 Å². The Morgan fingerprint density at radius 1 is 0.966 bits per heavy atom. The number of hydrogen-bond donors (Lipinski definition) is 0. The Balaban J connectivity index is 0.000000552. The molecular weight excluding hydrogens is 610 g/mol. The van der Waals surface area contributed by atoms with Crippen molar-refractivity contribution in [2.24, 2.45) is 0 Å². The van der Waals surface area contributed by atoms with Gasteiger partial charge in [0.1, 0.15) is 5.82 Å². The first-order valence-corrected chi connectivity index (χ1v) is 17.0. The molecule has 2 heterocycles. The molecule has 0 aliphatic carbocycles. The Morgan fingerprint density at radius 2 is 1.66 bits per heavy atom. The predicted octanol–water partition coefficient (Wildman–Crippen LogP) is 6.33. The summed E-state index contributed by atoms with van der Waals surface area (Å²) in [5.74, 6) is 0.988. The summed E-state index contributed by atoms with van der Waals surface area (Å²) in [4.78, 5) is 11.7. The molecule has 4 aromatic rings. The summed E-state index contributed by atoms with van der Waals surface area (Å²) in [6.07, 6.45) is 1.85. The molecule has 0 amide bonds. The Bertz CT molecular complexity index is 1060. The van der Waals surface area contributed by atoms with Gasteiger partial charge in [-0.1, -0.05) is 30.3 Å². The first-order chi connectivity index (χ1) is 13.5. The molecule has 4 rings (SSSR count). The van der Waals surface area contributed by atoms with Gasteiger partial charge < -0.3 is 16.9 Å². The minimum atomic E-state index is -1.85. The van der Waals surface area contributed by atoms with Crippen molar-refractivity contribution in [3.05, 3.63) is 68.2 Å². The van der Waals surface area contributed by atoms with Crippen LogP contribution in [0, 0.1) is 7.43 Å². The first-order valence-electron chi connectivity index (χ1n) is 8.54. The average molecular weight is 633 g/mol. The van der Waals surface area contributed by atoms with Crippen LogP contribution in [0.15, 0.2) is 60.8 Å². The van der Waals surface area contributed by atoms with Crippen LogP contribution in [0.5, 0.6) is 0 Å². The van der Waals surface area contributed by atoms with Gasteiger partial charge >= 0.3 is 42.4 Å². The summed E-state index contributed by atoms with van der Waals surface area (Å²) in [5, 5.41) is 1.14. The van der Waals surface area contributed by atoms with Crippen LogP contribution < -0.4 is 0 Å². The van der Waals surface area contributed by atoms with Crippen LogP contribution in [-0.2, 0) is 20.7 Å². The molecule has 0 aliphatic heterocycles. The predicted molar refractivity (Wildman–Crippen MR) is 123 cm³/mol. The number of rotatable bonds is 4. The van der Waals surface area contributed by atoms with Crippen LogP contribution in [0.1, 0.15) is 0 Å². The number of benzene rings is 2. The third-order valence-electron chi connectivity index (χ3n) is 4.30. The Kier molecular flexibility index (Phi) is 9.39. The fourth-order valence-electron chi connectivity index (χ4n) is 3.09. The van der Waals surface area contributed by atoms with Crippen molar-refractivity contribution in [1.29, 1.82) is 0 Å². The van der Waals surface area contributed by atoms with Gasteiger partial charge in [-0.2, -0.15) is 0 Å². The van der Waals surface area contributed by atoms with Gasteiger partial charge in [0.2, 0.25) is 0 Å². The molecule has 2 aromatic carbocycles. The van der Waals surface area contributed by atoms with Crippen molar-refractivity contribution in [2.45, 2.75) is 6.54 Å². The van der Waals surface area contributed by atoms with Crippen LogP contribution in [0.2, 0.25) is 0 Å². The maximum absolute atomic E-state index is 4.96. The number of imidazole rings is 1. The van der Waals surface area contributed by atoms with E-state index in [1.54, 1.807) is 0 Å². The van der Waals surface area contributed by atoms with E-state index in [0.717, 1.165) is 40.9 Å². The monoisotopic (exact) mass is 631 g/mol. The number of fused-ring (bicyclic) bond motifs is 2.